The molecule has 2 amide bonds. The van der Waals surface area contributed by atoms with Crippen LogP contribution in [0.2, 0.25) is 0 Å². The van der Waals surface area contributed by atoms with Crippen molar-refractivity contribution in [3.8, 4) is 0 Å². The van der Waals surface area contributed by atoms with E-state index in [-0.39, 0.29) is 18.4 Å². The van der Waals surface area contributed by atoms with E-state index in [1.807, 2.05) is 24.3 Å². The second kappa shape index (κ2) is 6.60. The van der Waals surface area contributed by atoms with E-state index in [1.165, 1.54) is 6.20 Å². The van der Waals surface area contributed by atoms with Gasteiger partial charge in [0.15, 0.2) is 0 Å². The number of nitrogens with one attached hydrogen (secondary N) is 2. The number of pyridine rings is 1. The number of aliphatic hydroxyl groups is 1. The van der Waals surface area contributed by atoms with Crippen molar-refractivity contribution in [2.45, 2.75) is 31.4 Å². The molecule has 7 heteroatoms. The Morgan fingerprint density at radius 2 is 2.14 bits per heavy atom. The van der Waals surface area contributed by atoms with Crippen molar-refractivity contribution in [3.63, 3.8) is 0 Å². The number of hydrogen-bond donors (Lipinski definition) is 3. The number of amides is 2. The summed E-state index contributed by atoms with van der Waals surface area (Å²) in [5, 5.41) is 16.3. The summed E-state index contributed by atoms with van der Waals surface area (Å²) in [4.78, 5) is 31.3. The monoisotopic (exact) mass is 378 g/mol. The number of fused-ring (bicyclic) bond motifs is 2. The number of benzene rings is 1. The van der Waals surface area contributed by atoms with Gasteiger partial charge in [0, 0.05) is 19.2 Å². The van der Waals surface area contributed by atoms with Crippen molar-refractivity contribution in [3.05, 3.63) is 53.2 Å². The van der Waals surface area contributed by atoms with E-state index in [1.54, 1.807) is 11.0 Å². The summed E-state index contributed by atoms with van der Waals surface area (Å²) in [5.41, 5.74) is 3.03. The molecule has 2 aliphatic carbocycles. The molecule has 144 valence electrons. The van der Waals surface area contributed by atoms with Crippen molar-refractivity contribution in [1.82, 2.24) is 10.3 Å². The molecule has 3 N–H and O–H groups in total. The van der Waals surface area contributed by atoms with Crippen LogP contribution in [0.5, 0.6) is 0 Å². The normalized spacial score (nSPS) is 23.0. The summed E-state index contributed by atoms with van der Waals surface area (Å²) >= 11 is 0. The first-order valence-electron chi connectivity index (χ1n) is 9.71. The fourth-order valence-electron chi connectivity index (χ4n) is 4.04. The first-order chi connectivity index (χ1) is 13.6. The van der Waals surface area contributed by atoms with Crippen LogP contribution >= 0.6 is 0 Å². The van der Waals surface area contributed by atoms with Crippen LogP contribution in [0.25, 0.3) is 0 Å². The third kappa shape index (κ3) is 3.01. The van der Waals surface area contributed by atoms with Crippen LogP contribution in [0, 0.1) is 5.92 Å². The Hall–Kier alpha value is -2.93. The lowest BCUT2D eigenvalue weighted by molar-refractivity contribution is -0.117. The van der Waals surface area contributed by atoms with Gasteiger partial charge >= 0.3 is 0 Å². The quantitative estimate of drug-likeness (QED) is 0.752. The molecule has 1 saturated carbocycles. The predicted molar refractivity (Wildman–Crippen MR) is 104 cm³/mol. The molecule has 0 saturated heterocycles. The molecule has 3 aliphatic rings. The Kier molecular flexibility index (Phi) is 4.05. The zero-order valence-electron chi connectivity index (χ0n) is 15.4. The van der Waals surface area contributed by atoms with E-state index in [0.717, 1.165) is 24.0 Å². The molecule has 2 aromatic rings. The van der Waals surface area contributed by atoms with Gasteiger partial charge in [-0.15, -0.1) is 0 Å². The number of carbonyl (C=O) groups excluding carboxylic acids is 2. The molecule has 0 spiro atoms. The molecule has 0 radical (unpaired) electrons. The molecule has 1 aliphatic heterocycles. The highest BCUT2D eigenvalue weighted by atomic mass is 16.3. The highest BCUT2D eigenvalue weighted by Crippen LogP contribution is 2.36. The first-order valence-corrected chi connectivity index (χ1v) is 9.71. The minimum atomic E-state index is -0.651. The Morgan fingerprint density at radius 3 is 2.96 bits per heavy atom. The van der Waals surface area contributed by atoms with Crippen molar-refractivity contribution >= 4 is 23.3 Å². The fourth-order valence-corrected chi connectivity index (χ4v) is 4.04. The lowest BCUT2D eigenvalue weighted by atomic mass is 10.1. The van der Waals surface area contributed by atoms with Gasteiger partial charge in [-0.3, -0.25) is 9.59 Å². The van der Waals surface area contributed by atoms with Gasteiger partial charge in [-0.25, -0.2) is 4.98 Å². The summed E-state index contributed by atoms with van der Waals surface area (Å²) in [6.45, 7) is 0.901. The summed E-state index contributed by atoms with van der Waals surface area (Å²) in [6, 6.07) is 9.02. The molecule has 1 fully saturated rings. The third-order valence-corrected chi connectivity index (χ3v) is 5.76. The van der Waals surface area contributed by atoms with E-state index in [0.29, 0.717) is 36.0 Å². The molecule has 1 aromatic carbocycles. The van der Waals surface area contributed by atoms with Crippen LogP contribution in [0.3, 0.4) is 0 Å². The van der Waals surface area contributed by atoms with Crippen LogP contribution in [-0.2, 0) is 11.2 Å². The largest absolute Gasteiger partial charge is 0.390 e. The van der Waals surface area contributed by atoms with Crippen LogP contribution < -0.4 is 15.5 Å². The molecule has 28 heavy (non-hydrogen) atoms. The number of nitrogens with zero attached hydrogens (tertiary/aromatic N) is 2. The minimum Gasteiger partial charge on any atom is -0.390 e. The van der Waals surface area contributed by atoms with E-state index in [2.05, 4.69) is 15.6 Å². The van der Waals surface area contributed by atoms with E-state index >= 15 is 0 Å². The van der Waals surface area contributed by atoms with Crippen LogP contribution in [0.4, 0.5) is 11.5 Å². The lowest BCUT2D eigenvalue weighted by Gasteiger charge is -2.30. The Labute approximate surface area is 162 Å². The van der Waals surface area contributed by atoms with Crippen molar-refractivity contribution < 1.29 is 14.7 Å². The maximum Gasteiger partial charge on any atom is 0.253 e. The van der Waals surface area contributed by atoms with Crippen LogP contribution in [0.15, 0.2) is 36.5 Å². The highest BCUT2D eigenvalue weighted by Gasteiger charge is 2.34. The number of rotatable bonds is 4. The van der Waals surface area contributed by atoms with Gasteiger partial charge in [0.25, 0.3) is 5.91 Å². The first kappa shape index (κ1) is 17.2. The van der Waals surface area contributed by atoms with Gasteiger partial charge in [-0.1, -0.05) is 24.3 Å². The van der Waals surface area contributed by atoms with Crippen molar-refractivity contribution in [1.29, 1.82) is 0 Å². The predicted octanol–water partition coefficient (Wildman–Crippen LogP) is 1.64. The molecular formula is C21H22N4O3. The summed E-state index contributed by atoms with van der Waals surface area (Å²) in [6.07, 6.45) is 3.66. The van der Waals surface area contributed by atoms with Crippen molar-refractivity contribution in [2.24, 2.45) is 5.92 Å². The van der Waals surface area contributed by atoms with Gasteiger partial charge < -0.3 is 20.6 Å². The third-order valence-electron chi connectivity index (χ3n) is 5.76. The average Bonchev–Trinajstić information content (AvgIpc) is 3.47. The second-order valence-corrected chi connectivity index (χ2v) is 7.81. The van der Waals surface area contributed by atoms with Gasteiger partial charge in [-0.2, -0.15) is 0 Å². The Morgan fingerprint density at radius 1 is 1.32 bits per heavy atom. The molecular weight excluding hydrogens is 356 g/mol. The summed E-state index contributed by atoms with van der Waals surface area (Å²) in [7, 11) is 0. The van der Waals surface area contributed by atoms with Gasteiger partial charge in [-0.05, 0) is 36.0 Å². The standard InChI is InChI=1S/C21H22N4O3/c26-17-8-13-3-1-2-4-15(13)19(17)24-21(28)14-7-16-20(22-9-14)23-10-18(27)25(16)11-12-5-6-12/h1-4,7,9,12,17,19,26H,5-6,8,10-11H2,(H,22,23)(H,24,28)/t17-,19+/m0/s1. The fraction of sp³-hybridized carbons (Fsp3) is 0.381. The van der Waals surface area contributed by atoms with E-state index < -0.39 is 12.1 Å². The maximum atomic E-state index is 12.9. The SMILES string of the molecule is O=C(N[C@@H]1c2ccccc2C[C@@H]1O)c1cnc2c(c1)N(CC1CC1)C(=O)CN2. The number of carbonyl (C=O) groups is 2. The van der Waals surface area contributed by atoms with Gasteiger partial charge in [0.1, 0.15) is 5.82 Å². The highest BCUT2D eigenvalue weighted by molar-refractivity contribution is 6.04. The molecule has 7 nitrogen and oxygen atoms in total. The Balaban J connectivity index is 1.40. The maximum absolute atomic E-state index is 12.9. The van der Waals surface area contributed by atoms with Gasteiger partial charge in [0.05, 0.1) is 29.9 Å². The van der Waals surface area contributed by atoms with Crippen LogP contribution in [0.1, 0.15) is 40.4 Å². The molecule has 1 aromatic heterocycles. The topological polar surface area (TPSA) is 94.6 Å². The van der Waals surface area contributed by atoms with Crippen molar-refractivity contribution in [2.75, 3.05) is 23.3 Å². The molecule has 5 rings (SSSR count). The van der Waals surface area contributed by atoms with E-state index in [4.69, 9.17) is 0 Å². The zero-order chi connectivity index (χ0) is 19.3. The zero-order valence-corrected chi connectivity index (χ0v) is 15.4. The van der Waals surface area contributed by atoms with Crippen LogP contribution in [-0.4, -0.2) is 41.1 Å². The number of aromatic nitrogens is 1. The number of hydrogen-bond acceptors (Lipinski definition) is 5. The average molecular weight is 378 g/mol. The summed E-state index contributed by atoms with van der Waals surface area (Å²) < 4.78 is 0. The second-order valence-electron chi connectivity index (χ2n) is 7.81. The minimum absolute atomic E-state index is 0.00102. The molecule has 2 heterocycles. The summed E-state index contributed by atoms with van der Waals surface area (Å²) in [5.74, 6) is 0.861. The van der Waals surface area contributed by atoms with E-state index in [9.17, 15) is 14.7 Å². The molecule has 0 bridgehead atoms. The van der Waals surface area contributed by atoms with Gasteiger partial charge in [0.2, 0.25) is 5.91 Å². The number of anilines is 2. The number of aliphatic hydroxyl groups excluding tert-OH is 1. The Bertz CT molecular complexity index is 956. The smallest absolute Gasteiger partial charge is 0.253 e. The molecule has 0 unspecified atom stereocenters. The molecule has 2 atom stereocenters. The lowest BCUT2D eigenvalue weighted by Crippen LogP contribution is -2.42.